The largest absolute Gasteiger partial charge is 0.330 e. The predicted octanol–water partition coefficient (Wildman–Crippen LogP) is 3.29. The molecule has 6 nitrogen and oxygen atoms in total. The smallest absolute Gasteiger partial charge is 0.322 e. The number of hydrogen-bond donors (Lipinski definition) is 1. The molecule has 118 valence electrons. The Bertz CT molecular complexity index is 861. The minimum Gasteiger partial charge on any atom is -0.330 e. The minimum absolute atomic E-state index is 0.261. The predicted molar refractivity (Wildman–Crippen MR) is 90.4 cm³/mol. The van der Waals surface area contributed by atoms with Gasteiger partial charge in [-0.3, -0.25) is 0 Å². The fraction of sp³-hybridized carbons (Fsp3) is 0.188. The minimum atomic E-state index is -0.271. The molecule has 2 heterocycles. The van der Waals surface area contributed by atoms with Crippen LogP contribution < -0.4 is 5.32 Å². The van der Waals surface area contributed by atoms with E-state index in [1.165, 1.54) is 0 Å². The van der Waals surface area contributed by atoms with Crippen LogP contribution in [0.1, 0.15) is 5.82 Å². The lowest BCUT2D eigenvalue weighted by Gasteiger charge is -2.18. The van der Waals surface area contributed by atoms with Crippen molar-refractivity contribution in [2.75, 3.05) is 12.4 Å². The number of imidazole rings is 1. The third-order valence-corrected chi connectivity index (χ3v) is 3.91. The summed E-state index contributed by atoms with van der Waals surface area (Å²) in [6, 6.07) is 11.0. The van der Waals surface area contributed by atoms with Crippen LogP contribution in [0.3, 0.4) is 0 Å². The molecule has 3 aromatic rings. The van der Waals surface area contributed by atoms with E-state index < -0.39 is 0 Å². The maximum absolute atomic E-state index is 12.3. The molecular weight excluding hydrogens is 314 g/mol. The topological polar surface area (TPSA) is 63.1 Å². The SMILES string of the molecule is CN(Cc1nc2ccccc2n1C)C(=O)Nc1cccnc1Cl. The van der Waals surface area contributed by atoms with Crippen LogP contribution in [-0.4, -0.2) is 32.5 Å². The molecule has 0 spiro atoms. The third kappa shape index (κ3) is 3.12. The molecular formula is C16H16ClN5O. The first-order chi connectivity index (χ1) is 11.1. The van der Waals surface area contributed by atoms with Gasteiger partial charge < -0.3 is 14.8 Å². The number of hydrogen-bond acceptors (Lipinski definition) is 3. The maximum Gasteiger partial charge on any atom is 0.322 e. The van der Waals surface area contributed by atoms with E-state index in [-0.39, 0.29) is 11.2 Å². The fourth-order valence-corrected chi connectivity index (χ4v) is 2.48. The number of rotatable bonds is 3. The molecule has 0 bridgehead atoms. The Labute approximate surface area is 138 Å². The van der Waals surface area contributed by atoms with Crippen LogP contribution in [0.4, 0.5) is 10.5 Å². The Morgan fingerprint density at radius 2 is 2.09 bits per heavy atom. The van der Waals surface area contributed by atoms with Crippen LogP contribution in [0.2, 0.25) is 5.15 Å². The van der Waals surface area contributed by atoms with Crippen LogP contribution in [0.15, 0.2) is 42.6 Å². The summed E-state index contributed by atoms with van der Waals surface area (Å²) < 4.78 is 1.98. The van der Waals surface area contributed by atoms with Crippen molar-refractivity contribution in [3.8, 4) is 0 Å². The molecule has 0 saturated heterocycles. The Morgan fingerprint density at radius 1 is 1.30 bits per heavy atom. The molecule has 0 atom stereocenters. The van der Waals surface area contributed by atoms with Crippen molar-refractivity contribution in [1.29, 1.82) is 0 Å². The summed E-state index contributed by atoms with van der Waals surface area (Å²) in [6.07, 6.45) is 1.57. The van der Waals surface area contributed by atoms with E-state index in [1.54, 1.807) is 30.3 Å². The molecule has 3 rings (SSSR count). The highest BCUT2D eigenvalue weighted by atomic mass is 35.5. The lowest BCUT2D eigenvalue weighted by molar-refractivity contribution is 0.219. The first kappa shape index (κ1) is 15.3. The van der Waals surface area contributed by atoms with Gasteiger partial charge in [0, 0.05) is 20.3 Å². The summed E-state index contributed by atoms with van der Waals surface area (Å²) in [6.45, 7) is 0.384. The van der Waals surface area contributed by atoms with E-state index >= 15 is 0 Å². The monoisotopic (exact) mass is 329 g/mol. The van der Waals surface area contributed by atoms with E-state index in [0.717, 1.165) is 16.9 Å². The number of halogens is 1. The van der Waals surface area contributed by atoms with Crippen LogP contribution in [0.25, 0.3) is 11.0 Å². The second-order valence-electron chi connectivity index (χ2n) is 5.20. The van der Waals surface area contributed by atoms with Crippen molar-refractivity contribution in [3.63, 3.8) is 0 Å². The summed E-state index contributed by atoms with van der Waals surface area (Å²) in [4.78, 5) is 22.3. The molecule has 0 radical (unpaired) electrons. The molecule has 2 aromatic heterocycles. The lowest BCUT2D eigenvalue weighted by atomic mass is 10.3. The zero-order chi connectivity index (χ0) is 16.4. The quantitative estimate of drug-likeness (QED) is 0.750. The number of aryl methyl sites for hydroxylation is 1. The average Bonchev–Trinajstić information content (AvgIpc) is 2.86. The number of nitrogens with zero attached hydrogens (tertiary/aromatic N) is 4. The normalized spacial score (nSPS) is 10.7. The summed E-state index contributed by atoms with van der Waals surface area (Å²) in [7, 11) is 3.65. The van der Waals surface area contributed by atoms with Gasteiger partial charge in [0.25, 0.3) is 0 Å². The number of amides is 2. The number of benzene rings is 1. The number of urea groups is 1. The number of para-hydroxylation sites is 2. The highest BCUT2D eigenvalue weighted by molar-refractivity contribution is 6.32. The first-order valence-electron chi connectivity index (χ1n) is 7.09. The van der Waals surface area contributed by atoms with Gasteiger partial charge in [-0.2, -0.15) is 0 Å². The highest BCUT2D eigenvalue weighted by Gasteiger charge is 2.15. The first-order valence-corrected chi connectivity index (χ1v) is 7.47. The van der Waals surface area contributed by atoms with E-state index in [0.29, 0.717) is 12.2 Å². The molecule has 1 aromatic carbocycles. The molecule has 0 unspecified atom stereocenters. The molecule has 2 amide bonds. The van der Waals surface area contributed by atoms with Crippen LogP contribution >= 0.6 is 11.6 Å². The summed E-state index contributed by atoms with van der Waals surface area (Å²) in [5.41, 5.74) is 2.43. The number of fused-ring (bicyclic) bond motifs is 1. The summed E-state index contributed by atoms with van der Waals surface area (Å²) in [5.74, 6) is 0.807. The van der Waals surface area contributed by atoms with E-state index in [1.807, 2.05) is 35.9 Å². The Morgan fingerprint density at radius 3 is 2.83 bits per heavy atom. The van der Waals surface area contributed by atoms with E-state index in [9.17, 15) is 4.79 Å². The molecule has 7 heteroatoms. The molecule has 0 aliphatic rings. The van der Waals surface area contributed by atoms with Crippen molar-refractivity contribution in [1.82, 2.24) is 19.4 Å². The third-order valence-electron chi connectivity index (χ3n) is 3.61. The van der Waals surface area contributed by atoms with E-state index in [2.05, 4.69) is 15.3 Å². The van der Waals surface area contributed by atoms with Gasteiger partial charge >= 0.3 is 6.03 Å². The summed E-state index contributed by atoms with van der Waals surface area (Å²) in [5, 5.41) is 3.00. The van der Waals surface area contributed by atoms with Gasteiger partial charge in [-0.25, -0.2) is 14.8 Å². The zero-order valence-electron chi connectivity index (χ0n) is 12.8. The highest BCUT2D eigenvalue weighted by Crippen LogP contribution is 2.19. The van der Waals surface area contributed by atoms with Gasteiger partial charge in [-0.1, -0.05) is 23.7 Å². The van der Waals surface area contributed by atoms with Gasteiger partial charge in [0.1, 0.15) is 5.82 Å². The molecule has 0 saturated carbocycles. The van der Waals surface area contributed by atoms with Gasteiger partial charge in [0.2, 0.25) is 0 Å². The second-order valence-corrected chi connectivity index (χ2v) is 5.56. The number of nitrogens with one attached hydrogen (secondary N) is 1. The number of aromatic nitrogens is 3. The molecule has 0 aliphatic carbocycles. The van der Waals surface area contributed by atoms with Gasteiger partial charge in [0.15, 0.2) is 5.15 Å². The summed E-state index contributed by atoms with van der Waals surface area (Å²) >= 11 is 5.95. The van der Waals surface area contributed by atoms with Gasteiger partial charge in [-0.05, 0) is 24.3 Å². The Balaban J connectivity index is 1.75. The number of carbonyl (C=O) groups is 1. The van der Waals surface area contributed by atoms with Crippen molar-refractivity contribution >= 4 is 34.4 Å². The Kier molecular flexibility index (Phi) is 4.16. The van der Waals surface area contributed by atoms with E-state index in [4.69, 9.17) is 11.6 Å². The number of carbonyl (C=O) groups excluding carboxylic acids is 1. The standard InChI is InChI=1S/C16H16ClN5O/c1-21(16(23)20-12-7-5-9-18-15(12)17)10-14-19-11-6-3-4-8-13(11)22(14)2/h3-9H,10H2,1-2H3,(H,20,23). The van der Waals surface area contributed by atoms with Crippen molar-refractivity contribution < 1.29 is 4.79 Å². The second kappa shape index (κ2) is 6.26. The van der Waals surface area contributed by atoms with Crippen molar-refractivity contribution in [2.24, 2.45) is 7.05 Å². The number of anilines is 1. The van der Waals surface area contributed by atoms with Gasteiger partial charge in [-0.15, -0.1) is 0 Å². The number of pyridine rings is 1. The lowest BCUT2D eigenvalue weighted by Crippen LogP contribution is -2.31. The Hall–Kier alpha value is -2.60. The molecule has 0 fully saturated rings. The van der Waals surface area contributed by atoms with Crippen molar-refractivity contribution in [2.45, 2.75) is 6.54 Å². The van der Waals surface area contributed by atoms with Gasteiger partial charge in [0.05, 0.1) is 23.3 Å². The average molecular weight is 330 g/mol. The van der Waals surface area contributed by atoms with Crippen molar-refractivity contribution in [3.05, 3.63) is 53.6 Å². The molecule has 23 heavy (non-hydrogen) atoms. The zero-order valence-corrected chi connectivity index (χ0v) is 13.6. The van der Waals surface area contributed by atoms with Crippen LogP contribution in [-0.2, 0) is 13.6 Å². The fourth-order valence-electron chi connectivity index (χ4n) is 2.31. The maximum atomic E-state index is 12.3. The molecule has 0 aliphatic heterocycles. The van der Waals surface area contributed by atoms with Crippen LogP contribution in [0.5, 0.6) is 0 Å². The molecule has 1 N–H and O–H groups in total. The van der Waals surface area contributed by atoms with Crippen LogP contribution in [0, 0.1) is 0 Å².